The van der Waals surface area contributed by atoms with E-state index in [1.54, 1.807) is 0 Å². The van der Waals surface area contributed by atoms with Crippen molar-refractivity contribution in [3.05, 3.63) is 5.69 Å². The molecule has 4 amide bonds. The van der Waals surface area contributed by atoms with E-state index in [1.165, 1.54) is 6.92 Å². The lowest BCUT2D eigenvalue weighted by Gasteiger charge is -2.18. The number of urea groups is 2. The van der Waals surface area contributed by atoms with Crippen LogP contribution in [0.25, 0.3) is 0 Å². The molecule has 0 unspecified atom stereocenters. The number of nitrogens with two attached hydrogens (primary N) is 4. The Morgan fingerprint density at radius 2 is 1.71 bits per heavy atom. The lowest BCUT2D eigenvalue weighted by atomic mass is 10.3. The van der Waals surface area contributed by atoms with Crippen molar-refractivity contribution in [1.82, 2.24) is 9.94 Å². The Morgan fingerprint density at radius 1 is 1.24 bits per heavy atom. The number of hydrogen-bond donors (Lipinski definition) is 5. The normalized spacial score (nSPS) is 10.1. The van der Waals surface area contributed by atoms with Gasteiger partial charge in [-0.1, -0.05) is 4.85 Å². The summed E-state index contributed by atoms with van der Waals surface area (Å²) in [6, 6.07) is -2.11. The number of anilines is 2. The molecule has 0 saturated heterocycles. The molecule has 1 aromatic heterocycles. The van der Waals surface area contributed by atoms with E-state index in [0.717, 1.165) is 0 Å². The molecule has 0 aliphatic heterocycles. The smallest absolute Gasteiger partial charge is 0.335 e. The molecule has 17 heavy (non-hydrogen) atoms. The summed E-state index contributed by atoms with van der Waals surface area (Å²) >= 11 is 0. The maximum atomic E-state index is 10.9. The van der Waals surface area contributed by atoms with E-state index in [-0.39, 0.29) is 22.0 Å². The Hall–Kier alpha value is -2.53. The van der Waals surface area contributed by atoms with Crippen molar-refractivity contribution < 1.29 is 14.8 Å². The van der Waals surface area contributed by atoms with Crippen LogP contribution in [0, 0.1) is 6.92 Å². The second kappa shape index (κ2) is 4.15. The monoisotopic (exact) mass is 244 g/mol. The maximum Gasteiger partial charge on any atom is 0.335 e. The van der Waals surface area contributed by atoms with E-state index < -0.39 is 12.1 Å². The number of hydrazine groups is 2. The number of aryl methyl sites for hydroxylation is 1. The molecule has 0 aliphatic rings. The second-order valence-corrected chi connectivity index (χ2v) is 3.06. The number of primary amides is 2. The highest BCUT2D eigenvalue weighted by Gasteiger charge is 2.27. The van der Waals surface area contributed by atoms with Crippen LogP contribution in [0.15, 0.2) is 0 Å². The van der Waals surface area contributed by atoms with Crippen LogP contribution in [0.5, 0.6) is 0 Å². The highest BCUT2D eigenvalue weighted by Crippen LogP contribution is 2.29. The first-order valence-corrected chi connectivity index (χ1v) is 4.24. The molecular weight excluding hydrogens is 232 g/mol. The first-order valence-electron chi connectivity index (χ1n) is 4.24. The summed E-state index contributed by atoms with van der Waals surface area (Å²) in [6.07, 6.45) is 0. The van der Waals surface area contributed by atoms with Gasteiger partial charge in [-0.2, -0.15) is 0 Å². The number of rotatable bonds is 2. The van der Waals surface area contributed by atoms with Gasteiger partial charge in [0.1, 0.15) is 5.69 Å². The molecule has 1 aromatic rings. The van der Waals surface area contributed by atoms with Crippen molar-refractivity contribution in [2.45, 2.75) is 6.92 Å². The average Bonchev–Trinajstić information content (AvgIpc) is 2.50. The Bertz CT molecular complexity index is 428. The molecule has 0 saturated carbocycles. The molecule has 11 heteroatoms. The molecule has 0 atom stereocenters. The highest BCUT2D eigenvalue weighted by atomic mass is 16.5. The number of hydrogen-bond acceptors (Lipinski definition) is 6. The summed E-state index contributed by atoms with van der Waals surface area (Å²) in [6.45, 7) is 1.42. The lowest BCUT2D eigenvalue weighted by Crippen LogP contribution is -2.46. The van der Waals surface area contributed by atoms with Gasteiger partial charge < -0.3 is 16.7 Å². The van der Waals surface area contributed by atoms with Gasteiger partial charge in [-0.3, -0.25) is 0 Å². The van der Waals surface area contributed by atoms with Crippen molar-refractivity contribution in [3.8, 4) is 0 Å². The number of carbonyl (C=O) groups is 2. The molecule has 0 fully saturated rings. The summed E-state index contributed by atoms with van der Waals surface area (Å²) in [5.74, 6) is 10.3. The van der Waals surface area contributed by atoms with Gasteiger partial charge in [0.15, 0.2) is 0 Å². The van der Waals surface area contributed by atoms with Gasteiger partial charge in [0, 0.05) is 0 Å². The van der Waals surface area contributed by atoms with E-state index in [4.69, 9.17) is 23.2 Å². The van der Waals surface area contributed by atoms with Gasteiger partial charge >= 0.3 is 12.1 Å². The van der Waals surface area contributed by atoms with E-state index >= 15 is 0 Å². The minimum Gasteiger partial charge on any atom is -0.410 e. The summed E-state index contributed by atoms with van der Waals surface area (Å²) in [5.41, 5.74) is 9.87. The predicted octanol–water partition coefficient (Wildman–Crippen LogP) is -2.05. The zero-order valence-corrected chi connectivity index (χ0v) is 8.86. The molecule has 11 nitrogen and oxygen atoms in total. The zero-order valence-electron chi connectivity index (χ0n) is 8.86. The maximum absolute atomic E-state index is 10.9. The Labute approximate surface area is 95.0 Å². The van der Waals surface area contributed by atoms with Gasteiger partial charge in [-0.05, 0) is 6.92 Å². The molecule has 1 rings (SSSR count). The molecule has 94 valence electrons. The SMILES string of the molecule is Cc1nn(O)c(N(N)C(N)=O)c1N(N)C(N)=O. The third kappa shape index (κ3) is 2.04. The van der Waals surface area contributed by atoms with Crippen molar-refractivity contribution >= 4 is 23.6 Å². The summed E-state index contributed by atoms with van der Waals surface area (Å²) in [7, 11) is 0. The lowest BCUT2D eigenvalue weighted by molar-refractivity contribution is 0.151. The van der Waals surface area contributed by atoms with Crippen molar-refractivity contribution in [3.63, 3.8) is 0 Å². The minimum absolute atomic E-state index is 0.125. The summed E-state index contributed by atoms with van der Waals surface area (Å²) in [4.78, 5) is 22.1. The van der Waals surface area contributed by atoms with Crippen LogP contribution in [0.3, 0.4) is 0 Å². The molecule has 0 aromatic carbocycles. The molecule has 0 spiro atoms. The van der Waals surface area contributed by atoms with Crippen LogP contribution >= 0.6 is 0 Å². The number of aromatic nitrogens is 2. The largest absolute Gasteiger partial charge is 0.410 e. The van der Waals surface area contributed by atoms with Gasteiger partial charge in [0.05, 0.1) is 5.69 Å². The van der Waals surface area contributed by atoms with Crippen LogP contribution in [-0.4, -0.2) is 27.2 Å². The first kappa shape index (κ1) is 12.5. The van der Waals surface area contributed by atoms with Gasteiger partial charge in [-0.15, -0.1) is 5.10 Å². The van der Waals surface area contributed by atoms with E-state index in [2.05, 4.69) is 5.10 Å². The Morgan fingerprint density at radius 3 is 2.12 bits per heavy atom. The van der Waals surface area contributed by atoms with E-state index in [1.807, 2.05) is 0 Å². The van der Waals surface area contributed by atoms with Gasteiger partial charge in [0.2, 0.25) is 5.82 Å². The number of amides is 4. The molecule has 0 aliphatic carbocycles. The average molecular weight is 244 g/mol. The highest BCUT2D eigenvalue weighted by molar-refractivity contribution is 5.98. The molecule has 9 N–H and O–H groups in total. The topological polar surface area (TPSA) is 183 Å². The van der Waals surface area contributed by atoms with Crippen LogP contribution < -0.4 is 33.2 Å². The van der Waals surface area contributed by atoms with Crippen molar-refractivity contribution in [2.75, 3.05) is 10.0 Å². The fourth-order valence-corrected chi connectivity index (χ4v) is 1.20. The van der Waals surface area contributed by atoms with Crippen molar-refractivity contribution in [1.29, 1.82) is 0 Å². The van der Waals surface area contributed by atoms with E-state index in [0.29, 0.717) is 10.0 Å². The van der Waals surface area contributed by atoms with Crippen molar-refractivity contribution in [2.24, 2.45) is 23.2 Å². The molecule has 0 radical (unpaired) electrons. The molecule has 0 bridgehead atoms. The molecule has 1 heterocycles. The Balaban J connectivity index is 3.39. The quantitative estimate of drug-likeness (QED) is 0.172. The number of nitrogens with zero attached hydrogens (tertiary/aromatic N) is 4. The van der Waals surface area contributed by atoms with Crippen LogP contribution in [0.2, 0.25) is 0 Å². The fraction of sp³-hybridized carbons (Fsp3) is 0.167. The third-order valence-corrected chi connectivity index (χ3v) is 1.93. The number of carbonyl (C=O) groups excluding carboxylic acids is 2. The third-order valence-electron chi connectivity index (χ3n) is 1.93. The summed E-state index contributed by atoms with van der Waals surface area (Å²) in [5, 5.41) is 13.8. The van der Waals surface area contributed by atoms with Crippen LogP contribution in [-0.2, 0) is 0 Å². The van der Waals surface area contributed by atoms with Crippen LogP contribution in [0.1, 0.15) is 5.69 Å². The van der Waals surface area contributed by atoms with E-state index in [9.17, 15) is 14.8 Å². The molecular formula is C6H12N8O3. The minimum atomic E-state index is -1.08. The predicted molar refractivity (Wildman–Crippen MR) is 56.6 cm³/mol. The fourth-order valence-electron chi connectivity index (χ4n) is 1.20. The zero-order chi connectivity index (χ0) is 13.3. The Kier molecular flexibility index (Phi) is 3.06. The second-order valence-electron chi connectivity index (χ2n) is 3.06. The first-order chi connectivity index (χ1) is 7.77. The van der Waals surface area contributed by atoms with Crippen LogP contribution in [0.4, 0.5) is 21.1 Å². The summed E-state index contributed by atoms with van der Waals surface area (Å²) < 4.78 is 0. The standard InChI is InChI=1S/C6H12N8O3/c1-2-3(12(9)5(7)15)4(14(17)11-2)13(10)6(8)16/h17H,9-10H2,1H3,(H2,7,15)(H2,8,16). The van der Waals surface area contributed by atoms with Gasteiger partial charge in [-0.25, -0.2) is 31.3 Å². The van der Waals surface area contributed by atoms with Gasteiger partial charge in [0.25, 0.3) is 0 Å².